The van der Waals surface area contributed by atoms with E-state index in [-0.39, 0.29) is 0 Å². The maximum atomic E-state index is 5.23. The Bertz CT molecular complexity index is 2550. The van der Waals surface area contributed by atoms with E-state index in [0.717, 1.165) is 50.6 Å². The van der Waals surface area contributed by atoms with Crippen molar-refractivity contribution in [1.29, 1.82) is 0 Å². The lowest BCUT2D eigenvalue weighted by atomic mass is 9.99. The summed E-state index contributed by atoms with van der Waals surface area (Å²) in [5.74, 6) is 0. The van der Waals surface area contributed by atoms with Crippen LogP contribution in [0.4, 0.5) is 0 Å². The van der Waals surface area contributed by atoms with Gasteiger partial charge in [0.25, 0.3) is 0 Å². The van der Waals surface area contributed by atoms with Crippen molar-refractivity contribution in [3.8, 4) is 16.8 Å². The predicted octanol–water partition coefficient (Wildman–Crippen LogP) is 8.25. The largest absolute Gasteiger partial charge is 0.309 e. The van der Waals surface area contributed by atoms with Crippen LogP contribution in [-0.4, -0.2) is 23.9 Å². The van der Waals surface area contributed by atoms with Gasteiger partial charge in [-0.1, -0.05) is 54.6 Å². The van der Waals surface area contributed by atoms with E-state index in [9.17, 15) is 0 Å². The van der Waals surface area contributed by atoms with Gasteiger partial charge in [-0.15, -0.1) is 0 Å². The molecule has 1 aliphatic rings. The molecule has 0 N–H and O–H groups in total. The van der Waals surface area contributed by atoms with Crippen molar-refractivity contribution in [3.63, 3.8) is 0 Å². The minimum absolute atomic E-state index is 0.927. The van der Waals surface area contributed by atoms with Crippen LogP contribution in [0.3, 0.4) is 0 Å². The van der Waals surface area contributed by atoms with Crippen LogP contribution < -0.4 is 0 Å². The summed E-state index contributed by atoms with van der Waals surface area (Å²) in [5, 5.41) is 4.66. The molecule has 5 heteroatoms. The molecule has 0 bridgehead atoms. The van der Waals surface area contributed by atoms with Gasteiger partial charge in [0.15, 0.2) is 0 Å². The molecular formula is C36H21N5. The highest BCUT2D eigenvalue weighted by Gasteiger charge is 2.27. The SMILES string of the molecule is c1ccc(-n2c3ccc4c5ncccc5n5c6cnccc6nc5c4c3c3ccc4c(c32)-c2ccccc2C4)cc1. The van der Waals surface area contributed by atoms with Crippen LogP contribution in [0.5, 0.6) is 0 Å². The Labute approximate surface area is 234 Å². The number of fused-ring (bicyclic) bond motifs is 16. The number of nitrogens with zero attached hydrogens (tertiary/aromatic N) is 5. The summed E-state index contributed by atoms with van der Waals surface area (Å²) < 4.78 is 4.69. The molecule has 5 heterocycles. The highest BCUT2D eigenvalue weighted by molar-refractivity contribution is 6.30. The highest BCUT2D eigenvalue weighted by atomic mass is 15.0. The molecule has 0 spiro atoms. The van der Waals surface area contributed by atoms with Gasteiger partial charge in [0.2, 0.25) is 0 Å². The van der Waals surface area contributed by atoms with Crippen LogP contribution in [0.15, 0.2) is 116 Å². The monoisotopic (exact) mass is 523 g/mol. The summed E-state index contributed by atoms with van der Waals surface area (Å²) in [5.41, 5.74) is 13.8. The Morgan fingerprint density at radius 3 is 2.46 bits per heavy atom. The van der Waals surface area contributed by atoms with Crippen molar-refractivity contribution < 1.29 is 0 Å². The first-order valence-corrected chi connectivity index (χ1v) is 13.9. The normalized spacial score (nSPS) is 12.8. The quantitative estimate of drug-likeness (QED) is 0.204. The Hall–Kier alpha value is -5.55. The van der Waals surface area contributed by atoms with E-state index in [1.54, 1.807) is 0 Å². The van der Waals surface area contributed by atoms with E-state index in [0.29, 0.717) is 0 Å². The maximum Gasteiger partial charge on any atom is 0.147 e. The average molecular weight is 524 g/mol. The zero-order valence-electron chi connectivity index (χ0n) is 21.9. The Balaban J connectivity index is 1.52. The lowest BCUT2D eigenvalue weighted by Crippen LogP contribution is -1.96. The van der Waals surface area contributed by atoms with Gasteiger partial charge in [-0.2, -0.15) is 0 Å². The van der Waals surface area contributed by atoms with Crippen molar-refractivity contribution >= 4 is 60.3 Å². The molecule has 0 amide bonds. The molecule has 0 atom stereocenters. The smallest absolute Gasteiger partial charge is 0.147 e. The molecule has 4 aromatic carbocycles. The molecule has 41 heavy (non-hydrogen) atoms. The fraction of sp³-hybridized carbons (Fsp3) is 0.0278. The van der Waals surface area contributed by atoms with Crippen LogP contribution in [0, 0.1) is 0 Å². The van der Waals surface area contributed by atoms with Crippen molar-refractivity contribution in [2.45, 2.75) is 6.42 Å². The number of pyridine rings is 3. The molecule has 190 valence electrons. The van der Waals surface area contributed by atoms with Gasteiger partial charge in [-0.05, 0) is 65.6 Å². The number of para-hydroxylation sites is 1. The third kappa shape index (κ3) is 2.63. The minimum atomic E-state index is 0.927. The number of benzene rings is 4. The second-order valence-corrected chi connectivity index (χ2v) is 10.9. The third-order valence-corrected chi connectivity index (χ3v) is 8.83. The van der Waals surface area contributed by atoms with Crippen LogP contribution in [0.2, 0.25) is 0 Å². The van der Waals surface area contributed by atoms with Gasteiger partial charge in [-0.3, -0.25) is 14.4 Å². The molecule has 10 rings (SSSR count). The van der Waals surface area contributed by atoms with E-state index >= 15 is 0 Å². The van der Waals surface area contributed by atoms with Crippen LogP contribution in [-0.2, 0) is 6.42 Å². The standard InChI is InChI=1S/C36H21N5/c1-2-8-23(9-3-1)40-28-15-14-25-33(32(28)26-13-12-22-19-21-7-4-5-10-24(21)31(22)35(26)40)36-39-27-16-18-37-20-30(27)41(36)29-11-6-17-38-34(25)29/h1-18,20H,19H2. The maximum absolute atomic E-state index is 5.23. The fourth-order valence-corrected chi connectivity index (χ4v) is 7.20. The van der Waals surface area contributed by atoms with Crippen LogP contribution >= 0.6 is 0 Å². The van der Waals surface area contributed by atoms with E-state index in [1.807, 2.05) is 30.7 Å². The average Bonchev–Trinajstić information content (AvgIpc) is 3.71. The van der Waals surface area contributed by atoms with Gasteiger partial charge >= 0.3 is 0 Å². The van der Waals surface area contributed by atoms with Gasteiger partial charge in [0, 0.05) is 45.2 Å². The molecule has 0 saturated heterocycles. The summed E-state index contributed by atoms with van der Waals surface area (Å²) in [6, 6.07) is 34.8. The molecule has 0 radical (unpaired) electrons. The molecule has 0 unspecified atom stereocenters. The third-order valence-electron chi connectivity index (χ3n) is 8.83. The van der Waals surface area contributed by atoms with Crippen molar-refractivity contribution in [1.82, 2.24) is 23.9 Å². The van der Waals surface area contributed by atoms with E-state index in [4.69, 9.17) is 9.97 Å². The lowest BCUT2D eigenvalue weighted by molar-refractivity contribution is 1.18. The number of aromatic nitrogens is 5. The molecule has 0 saturated carbocycles. The number of rotatable bonds is 1. The Morgan fingerprint density at radius 1 is 0.634 bits per heavy atom. The fourth-order valence-electron chi connectivity index (χ4n) is 7.20. The summed E-state index contributed by atoms with van der Waals surface area (Å²) >= 11 is 0. The predicted molar refractivity (Wildman–Crippen MR) is 166 cm³/mol. The zero-order valence-corrected chi connectivity index (χ0v) is 21.9. The molecule has 1 aliphatic carbocycles. The Morgan fingerprint density at radius 2 is 1.51 bits per heavy atom. The first-order chi connectivity index (χ1) is 20.4. The summed E-state index contributed by atoms with van der Waals surface area (Å²) in [6.07, 6.45) is 6.56. The zero-order chi connectivity index (χ0) is 26.7. The van der Waals surface area contributed by atoms with Crippen LogP contribution in [0.1, 0.15) is 11.1 Å². The highest BCUT2D eigenvalue weighted by Crippen LogP contribution is 2.47. The van der Waals surface area contributed by atoms with Crippen molar-refractivity contribution in [3.05, 3.63) is 127 Å². The minimum Gasteiger partial charge on any atom is -0.309 e. The second kappa shape index (κ2) is 7.55. The van der Waals surface area contributed by atoms with E-state index in [2.05, 4.69) is 98.9 Å². The van der Waals surface area contributed by atoms with Crippen molar-refractivity contribution in [2.75, 3.05) is 0 Å². The van der Waals surface area contributed by atoms with E-state index < -0.39 is 0 Å². The molecular weight excluding hydrogens is 502 g/mol. The molecule has 0 aliphatic heterocycles. The van der Waals surface area contributed by atoms with Crippen LogP contribution in [0.25, 0.3) is 77.1 Å². The number of imidazole rings is 1. The lowest BCUT2D eigenvalue weighted by Gasteiger charge is -2.12. The first-order valence-electron chi connectivity index (χ1n) is 13.9. The van der Waals surface area contributed by atoms with Gasteiger partial charge < -0.3 is 4.57 Å². The van der Waals surface area contributed by atoms with Gasteiger partial charge in [-0.25, -0.2) is 4.98 Å². The first kappa shape index (κ1) is 21.3. The molecule has 0 fully saturated rings. The Kier molecular flexibility index (Phi) is 3.92. The molecule has 9 aromatic rings. The number of hydrogen-bond donors (Lipinski definition) is 0. The molecule has 5 nitrogen and oxygen atoms in total. The van der Waals surface area contributed by atoms with E-state index in [1.165, 1.54) is 44.1 Å². The van der Waals surface area contributed by atoms with Gasteiger partial charge in [0.1, 0.15) is 5.65 Å². The summed E-state index contributed by atoms with van der Waals surface area (Å²) in [6.45, 7) is 0. The molecule has 5 aromatic heterocycles. The topological polar surface area (TPSA) is 48.0 Å². The number of hydrogen-bond acceptors (Lipinski definition) is 3. The second-order valence-electron chi connectivity index (χ2n) is 10.9. The summed E-state index contributed by atoms with van der Waals surface area (Å²) in [4.78, 5) is 14.6. The van der Waals surface area contributed by atoms with Crippen molar-refractivity contribution in [2.24, 2.45) is 0 Å². The summed E-state index contributed by atoms with van der Waals surface area (Å²) in [7, 11) is 0. The van der Waals surface area contributed by atoms with Gasteiger partial charge in [0.05, 0.1) is 39.3 Å².